The molecule has 0 unspecified atom stereocenters. The molecular formula is C17H19N5O4S. The van der Waals surface area contributed by atoms with E-state index in [-0.39, 0.29) is 6.61 Å². The van der Waals surface area contributed by atoms with Crippen LogP contribution < -0.4 is 4.90 Å². The molecule has 142 valence electrons. The normalized spacial score (nSPS) is 12.1. The van der Waals surface area contributed by atoms with Gasteiger partial charge in [-0.05, 0) is 42.8 Å². The summed E-state index contributed by atoms with van der Waals surface area (Å²) in [5.41, 5.74) is 4.17. The minimum Gasteiger partial charge on any atom is -0.372 e. The van der Waals surface area contributed by atoms with E-state index >= 15 is 0 Å². The molecule has 9 nitrogen and oxygen atoms in total. The van der Waals surface area contributed by atoms with Crippen molar-refractivity contribution in [2.75, 3.05) is 25.1 Å². The van der Waals surface area contributed by atoms with Crippen LogP contribution in [0.4, 0.5) is 17.3 Å². The molecule has 3 rings (SSSR count). The van der Waals surface area contributed by atoms with Crippen molar-refractivity contribution in [3.05, 3.63) is 48.0 Å². The topological polar surface area (TPSA) is 120 Å². The lowest BCUT2D eigenvalue weighted by Crippen LogP contribution is -2.23. The number of rotatable bonds is 7. The summed E-state index contributed by atoms with van der Waals surface area (Å²) in [7, 11) is -2.63. The summed E-state index contributed by atoms with van der Waals surface area (Å²) in [6, 6.07) is 13.2. The highest BCUT2D eigenvalue weighted by atomic mass is 32.3. The number of H-pyrrole nitrogens is 1. The lowest BCUT2D eigenvalue weighted by Gasteiger charge is -2.19. The predicted octanol–water partition coefficient (Wildman–Crippen LogP) is 3.54. The molecule has 2 aromatic carbocycles. The van der Waals surface area contributed by atoms with Crippen LogP contribution in [0.25, 0.3) is 11.0 Å². The fourth-order valence-electron chi connectivity index (χ4n) is 2.49. The van der Waals surface area contributed by atoms with Gasteiger partial charge in [-0.2, -0.15) is 8.42 Å². The van der Waals surface area contributed by atoms with Crippen LogP contribution in [0, 0.1) is 6.92 Å². The summed E-state index contributed by atoms with van der Waals surface area (Å²) in [5.74, 6) is 0.430. The van der Waals surface area contributed by atoms with Gasteiger partial charge in [0.2, 0.25) is 5.95 Å². The van der Waals surface area contributed by atoms with Crippen molar-refractivity contribution in [2.24, 2.45) is 10.2 Å². The van der Waals surface area contributed by atoms with E-state index in [1.165, 1.54) is 0 Å². The Morgan fingerprint density at radius 2 is 2.00 bits per heavy atom. The molecule has 0 radical (unpaired) electrons. The number of imidazole rings is 1. The number of nitrogens with zero attached hydrogens (tertiary/aromatic N) is 4. The highest BCUT2D eigenvalue weighted by molar-refractivity contribution is 7.80. The summed E-state index contributed by atoms with van der Waals surface area (Å²) < 4.78 is 34.1. The van der Waals surface area contributed by atoms with E-state index in [2.05, 4.69) is 24.4 Å². The van der Waals surface area contributed by atoms with E-state index in [1.54, 1.807) is 11.9 Å². The number of fused-ring (bicyclic) bond motifs is 1. The van der Waals surface area contributed by atoms with Gasteiger partial charge in [0.25, 0.3) is 0 Å². The van der Waals surface area contributed by atoms with Gasteiger partial charge >= 0.3 is 10.4 Å². The van der Waals surface area contributed by atoms with Gasteiger partial charge in [-0.1, -0.05) is 12.1 Å². The Labute approximate surface area is 156 Å². The highest BCUT2D eigenvalue weighted by Gasteiger charge is 2.08. The average molecular weight is 389 g/mol. The molecule has 0 aliphatic carbocycles. The van der Waals surface area contributed by atoms with Gasteiger partial charge in [0.05, 0.1) is 23.3 Å². The Kier molecular flexibility index (Phi) is 5.49. The molecule has 0 fully saturated rings. The van der Waals surface area contributed by atoms with Gasteiger partial charge < -0.3 is 9.88 Å². The summed E-state index contributed by atoms with van der Waals surface area (Å²) in [4.78, 5) is 9.24. The Morgan fingerprint density at radius 1 is 1.22 bits per heavy atom. The molecule has 0 spiro atoms. The monoisotopic (exact) mass is 389 g/mol. The molecule has 2 N–H and O–H groups in total. The number of hydrogen-bond acceptors (Lipinski definition) is 7. The molecule has 0 amide bonds. The van der Waals surface area contributed by atoms with Crippen LogP contribution in [0.5, 0.6) is 0 Å². The number of anilines is 1. The number of para-hydroxylation sites is 2. The summed E-state index contributed by atoms with van der Waals surface area (Å²) >= 11 is 0. The molecule has 1 heterocycles. The van der Waals surface area contributed by atoms with Crippen molar-refractivity contribution < 1.29 is 17.2 Å². The number of benzene rings is 2. The fourth-order valence-corrected chi connectivity index (χ4v) is 2.77. The van der Waals surface area contributed by atoms with Crippen LogP contribution in [0.1, 0.15) is 5.56 Å². The van der Waals surface area contributed by atoms with Gasteiger partial charge in [-0.15, -0.1) is 10.2 Å². The molecule has 10 heteroatoms. The average Bonchev–Trinajstić information content (AvgIpc) is 3.02. The van der Waals surface area contributed by atoms with Gasteiger partial charge in [0, 0.05) is 19.3 Å². The molecule has 0 bridgehead atoms. The van der Waals surface area contributed by atoms with Crippen LogP contribution in [0.15, 0.2) is 52.7 Å². The molecule has 3 aromatic rings. The SMILES string of the molecule is Cc1cc(N(C)CCOS(=O)(=O)O)ccc1N=Nc1nc2ccccc2[nH]1. The summed E-state index contributed by atoms with van der Waals surface area (Å²) in [6.45, 7) is 2.04. The van der Waals surface area contributed by atoms with Crippen molar-refractivity contribution in [2.45, 2.75) is 6.92 Å². The zero-order valence-corrected chi connectivity index (χ0v) is 15.6. The molecule has 1 aromatic heterocycles. The number of aromatic nitrogens is 2. The maximum Gasteiger partial charge on any atom is 0.397 e. The molecule has 0 atom stereocenters. The van der Waals surface area contributed by atoms with Crippen LogP contribution in [0.2, 0.25) is 0 Å². The summed E-state index contributed by atoms with van der Waals surface area (Å²) in [5, 5.41) is 8.40. The van der Waals surface area contributed by atoms with Crippen LogP contribution in [0.3, 0.4) is 0 Å². The molecule has 0 saturated heterocycles. The Morgan fingerprint density at radius 3 is 2.70 bits per heavy atom. The number of aryl methyl sites for hydroxylation is 1. The van der Waals surface area contributed by atoms with E-state index in [0.717, 1.165) is 22.3 Å². The first-order valence-corrected chi connectivity index (χ1v) is 9.48. The Balaban J connectivity index is 1.68. The van der Waals surface area contributed by atoms with Crippen LogP contribution >= 0.6 is 0 Å². The molecule has 0 aliphatic rings. The second-order valence-corrected chi connectivity index (χ2v) is 7.01. The van der Waals surface area contributed by atoms with E-state index in [9.17, 15) is 8.42 Å². The quantitative estimate of drug-likeness (QED) is 0.471. The lowest BCUT2D eigenvalue weighted by atomic mass is 10.1. The van der Waals surface area contributed by atoms with E-state index in [4.69, 9.17) is 4.55 Å². The zero-order valence-electron chi connectivity index (χ0n) is 14.8. The smallest absolute Gasteiger partial charge is 0.372 e. The first kappa shape index (κ1) is 19.0. The number of nitrogens with one attached hydrogen (secondary N) is 1. The molecular weight excluding hydrogens is 370 g/mol. The highest BCUT2D eigenvalue weighted by Crippen LogP contribution is 2.26. The first-order chi connectivity index (χ1) is 12.8. The Bertz CT molecular complexity index is 1040. The van der Waals surface area contributed by atoms with Gasteiger partial charge in [-0.3, -0.25) is 4.55 Å². The second-order valence-electron chi connectivity index (χ2n) is 5.92. The first-order valence-electron chi connectivity index (χ1n) is 8.12. The standard InChI is InChI=1S/C17H19N5O4S/c1-12-11-13(22(2)9-10-26-27(23,24)25)7-8-14(12)20-21-17-18-15-5-3-4-6-16(15)19-17/h3-8,11H,9-10H2,1-2H3,(H,18,19)(H,23,24,25). The lowest BCUT2D eigenvalue weighted by molar-refractivity contribution is 0.274. The molecule has 27 heavy (non-hydrogen) atoms. The van der Waals surface area contributed by atoms with Crippen molar-refractivity contribution in [3.8, 4) is 0 Å². The maximum atomic E-state index is 10.6. The van der Waals surface area contributed by atoms with E-state index in [0.29, 0.717) is 18.2 Å². The number of likely N-dealkylation sites (N-methyl/N-ethyl adjacent to an activating group) is 1. The third kappa shape index (κ3) is 5.09. The largest absolute Gasteiger partial charge is 0.397 e. The fraction of sp³-hybridized carbons (Fsp3) is 0.235. The summed E-state index contributed by atoms with van der Waals surface area (Å²) in [6.07, 6.45) is 0. The van der Waals surface area contributed by atoms with Gasteiger partial charge in [0.1, 0.15) is 0 Å². The Hall–Kier alpha value is -2.82. The third-order valence-electron chi connectivity index (χ3n) is 3.91. The predicted molar refractivity (Wildman–Crippen MR) is 102 cm³/mol. The van der Waals surface area contributed by atoms with Crippen molar-refractivity contribution in [1.29, 1.82) is 0 Å². The number of azo groups is 1. The van der Waals surface area contributed by atoms with Crippen molar-refractivity contribution in [3.63, 3.8) is 0 Å². The van der Waals surface area contributed by atoms with Crippen molar-refractivity contribution in [1.82, 2.24) is 9.97 Å². The van der Waals surface area contributed by atoms with Crippen LogP contribution in [-0.2, 0) is 14.6 Å². The third-order valence-corrected chi connectivity index (χ3v) is 4.37. The molecule has 0 aliphatic heterocycles. The molecule has 0 saturated carbocycles. The maximum absolute atomic E-state index is 10.6. The minimum atomic E-state index is -4.42. The second kappa shape index (κ2) is 7.82. The van der Waals surface area contributed by atoms with Crippen LogP contribution in [-0.4, -0.2) is 43.1 Å². The minimum absolute atomic E-state index is 0.151. The zero-order chi connectivity index (χ0) is 19.4. The number of aromatic amines is 1. The van der Waals surface area contributed by atoms with Gasteiger partial charge in [0.15, 0.2) is 0 Å². The van der Waals surface area contributed by atoms with Crippen molar-refractivity contribution >= 4 is 38.8 Å². The van der Waals surface area contributed by atoms with E-state index < -0.39 is 10.4 Å². The van der Waals surface area contributed by atoms with E-state index in [1.807, 2.05) is 49.4 Å². The number of hydrogen-bond donors (Lipinski definition) is 2. The van der Waals surface area contributed by atoms with Gasteiger partial charge in [-0.25, -0.2) is 9.17 Å².